The second kappa shape index (κ2) is 4.64. The van der Waals surface area contributed by atoms with E-state index in [1.54, 1.807) is 13.0 Å². The summed E-state index contributed by atoms with van der Waals surface area (Å²) in [6.07, 6.45) is 0.848. The molecule has 0 fully saturated rings. The summed E-state index contributed by atoms with van der Waals surface area (Å²) in [6.45, 7) is 5.42. The maximum Gasteiger partial charge on any atom is 0.509 e. The molecule has 0 aliphatic heterocycles. The van der Waals surface area contributed by atoms with E-state index in [2.05, 4.69) is 11.3 Å². The third-order valence-corrected chi connectivity index (χ3v) is 2.20. The third kappa shape index (κ3) is 2.59. The lowest BCUT2D eigenvalue weighted by Gasteiger charge is -2.25. The molecule has 0 heterocycles. The van der Waals surface area contributed by atoms with Crippen molar-refractivity contribution in [3.05, 3.63) is 48.6 Å². The standard InChI is InChI=1S/C12H14O3/c1-4-12(2,15-11(13)14-3)10-8-6-5-7-9-10/h4-9H,1H2,2-3H3. The summed E-state index contributed by atoms with van der Waals surface area (Å²) in [5.74, 6) is 0. The van der Waals surface area contributed by atoms with Gasteiger partial charge < -0.3 is 9.47 Å². The Morgan fingerprint density at radius 3 is 2.47 bits per heavy atom. The van der Waals surface area contributed by atoms with Gasteiger partial charge in [-0.05, 0) is 18.6 Å². The lowest BCUT2D eigenvalue weighted by atomic mass is 9.96. The van der Waals surface area contributed by atoms with Crippen LogP contribution in [-0.2, 0) is 15.1 Å². The van der Waals surface area contributed by atoms with Gasteiger partial charge in [-0.1, -0.05) is 36.9 Å². The van der Waals surface area contributed by atoms with E-state index < -0.39 is 11.8 Å². The minimum atomic E-state index is -0.853. The van der Waals surface area contributed by atoms with Gasteiger partial charge in [0.1, 0.15) is 0 Å². The second-order valence-corrected chi connectivity index (χ2v) is 3.23. The number of rotatable bonds is 3. The molecule has 3 heteroatoms. The molecule has 1 unspecified atom stereocenters. The van der Waals surface area contributed by atoms with Crippen LogP contribution in [0, 0.1) is 0 Å². The highest BCUT2D eigenvalue weighted by molar-refractivity contribution is 5.61. The highest BCUT2D eigenvalue weighted by atomic mass is 16.7. The van der Waals surface area contributed by atoms with E-state index >= 15 is 0 Å². The van der Waals surface area contributed by atoms with Crippen LogP contribution < -0.4 is 0 Å². The van der Waals surface area contributed by atoms with E-state index in [4.69, 9.17) is 4.74 Å². The van der Waals surface area contributed by atoms with Crippen molar-refractivity contribution in [2.24, 2.45) is 0 Å². The summed E-state index contributed by atoms with van der Waals surface area (Å²) in [5, 5.41) is 0. The summed E-state index contributed by atoms with van der Waals surface area (Å²) < 4.78 is 9.60. The van der Waals surface area contributed by atoms with Crippen LogP contribution in [0.15, 0.2) is 43.0 Å². The molecule has 3 nitrogen and oxygen atoms in total. The normalized spacial score (nSPS) is 13.7. The molecular formula is C12H14O3. The van der Waals surface area contributed by atoms with Gasteiger partial charge in [0.15, 0.2) is 5.60 Å². The van der Waals surface area contributed by atoms with E-state index in [1.807, 2.05) is 30.3 Å². The summed E-state index contributed by atoms with van der Waals surface area (Å²) in [7, 11) is 1.27. The zero-order chi connectivity index (χ0) is 11.3. The number of hydrogen-bond donors (Lipinski definition) is 0. The van der Waals surface area contributed by atoms with Crippen molar-refractivity contribution in [2.45, 2.75) is 12.5 Å². The molecule has 0 aliphatic carbocycles. The molecule has 1 aromatic carbocycles. The first-order valence-electron chi connectivity index (χ1n) is 4.58. The van der Waals surface area contributed by atoms with Gasteiger partial charge in [0.25, 0.3) is 0 Å². The number of hydrogen-bond acceptors (Lipinski definition) is 3. The summed E-state index contributed by atoms with van der Waals surface area (Å²) >= 11 is 0. The molecule has 15 heavy (non-hydrogen) atoms. The highest BCUT2D eigenvalue weighted by Crippen LogP contribution is 2.26. The Morgan fingerprint density at radius 1 is 1.40 bits per heavy atom. The summed E-state index contributed by atoms with van der Waals surface area (Å²) in [4.78, 5) is 11.1. The Kier molecular flexibility index (Phi) is 3.50. The molecule has 0 saturated carbocycles. The first-order valence-corrected chi connectivity index (χ1v) is 4.58. The van der Waals surface area contributed by atoms with Crippen LogP contribution in [0.4, 0.5) is 4.79 Å². The van der Waals surface area contributed by atoms with Crippen LogP contribution in [0.1, 0.15) is 12.5 Å². The minimum Gasteiger partial charge on any atom is -0.438 e. The van der Waals surface area contributed by atoms with Gasteiger partial charge in [-0.2, -0.15) is 0 Å². The van der Waals surface area contributed by atoms with Gasteiger partial charge in [0.2, 0.25) is 0 Å². The van der Waals surface area contributed by atoms with E-state index in [1.165, 1.54) is 7.11 Å². The molecule has 1 aromatic rings. The largest absolute Gasteiger partial charge is 0.509 e. The first-order chi connectivity index (χ1) is 7.12. The number of benzene rings is 1. The van der Waals surface area contributed by atoms with Crippen molar-refractivity contribution in [3.63, 3.8) is 0 Å². The van der Waals surface area contributed by atoms with E-state index in [0.29, 0.717) is 0 Å². The molecular weight excluding hydrogens is 192 g/mol. The first kappa shape index (κ1) is 11.3. The Labute approximate surface area is 89.3 Å². The van der Waals surface area contributed by atoms with Crippen LogP contribution in [-0.4, -0.2) is 13.3 Å². The average molecular weight is 206 g/mol. The lowest BCUT2D eigenvalue weighted by molar-refractivity contribution is 0.00660. The van der Waals surface area contributed by atoms with Crippen molar-refractivity contribution in [1.82, 2.24) is 0 Å². The van der Waals surface area contributed by atoms with Gasteiger partial charge in [0, 0.05) is 0 Å². The third-order valence-electron chi connectivity index (χ3n) is 2.20. The number of methoxy groups -OCH3 is 1. The summed E-state index contributed by atoms with van der Waals surface area (Å²) in [5.41, 5.74) is -0.000602. The SMILES string of the molecule is C=CC(C)(OC(=O)OC)c1ccccc1. The molecule has 0 N–H and O–H groups in total. The van der Waals surface area contributed by atoms with Crippen LogP contribution in [0.5, 0.6) is 0 Å². The Hall–Kier alpha value is -1.77. The molecule has 0 spiro atoms. The van der Waals surface area contributed by atoms with Crippen LogP contribution in [0.2, 0.25) is 0 Å². The zero-order valence-corrected chi connectivity index (χ0v) is 8.90. The fourth-order valence-corrected chi connectivity index (χ4v) is 1.20. The smallest absolute Gasteiger partial charge is 0.438 e. The van der Waals surface area contributed by atoms with Crippen molar-refractivity contribution in [3.8, 4) is 0 Å². The fourth-order valence-electron chi connectivity index (χ4n) is 1.20. The van der Waals surface area contributed by atoms with E-state index in [-0.39, 0.29) is 0 Å². The Morgan fingerprint density at radius 2 is 2.00 bits per heavy atom. The number of carbonyl (C=O) groups is 1. The second-order valence-electron chi connectivity index (χ2n) is 3.23. The number of carbonyl (C=O) groups excluding carboxylic acids is 1. The topological polar surface area (TPSA) is 35.5 Å². The van der Waals surface area contributed by atoms with Gasteiger partial charge in [-0.15, -0.1) is 0 Å². The maximum absolute atomic E-state index is 11.1. The van der Waals surface area contributed by atoms with Gasteiger partial charge in [-0.3, -0.25) is 0 Å². The fraction of sp³-hybridized carbons (Fsp3) is 0.250. The van der Waals surface area contributed by atoms with Gasteiger partial charge in [-0.25, -0.2) is 4.79 Å². The molecule has 0 saturated heterocycles. The average Bonchev–Trinajstić information content (AvgIpc) is 2.30. The molecule has 80 valence electrons. The Bertz CT molecular complexity index is 345. The molecule has 1 atom stereocenters. The number of ether oxygens (including phenoxy) is 2. The zero-order valence-electron chi connectivity index (χ0n) is 8.90. The van der Waals surface area contributed by atoms with E-state index in [9.17, 15) is 4.79 Å². The minimum absolute atomic E-state index is 0.721. The van der Waals surface area contributed by atoms with Crippen LogP contribution in [0.25, 0.3) is 0 Å². The Balaban J connectivity index is 2.95. The molecule has 0 aromatic heterocycles. The quantitative estimate of drug-likeness (QED) is 0.563. The molecule has 0 bridgehead atoms. The lowest BCUT2D eigenvalue weighted by Crippen LogP contribution is -2.26. The van der Waals surface area contributed by atoms with E-state index in [0.717, 1.165) is 5.56 Å². The molecule has 1 rings (SSSR count). The van der Waals surface area contributed by atoms with Crippen molar-refractivity contribution in [1.29, 1.82) is 0 Å². The maximum atomic E-state index is 11.1. The predicted octanol–water partition coefficient (Wildman–Crippen LogP) is 2.87. The van der Waals surface area contributed by atoms with Crippen LogP contribution in [0.3, 0.4) is 0 Å². The molecule has 0 radical (unpaired) electrons. The van der Waals surface area contributed by atoms with Gasteiger partial charge >= 0.3 is 6.16 Å². The van der Waals surface area contributed by atoms with Crippen molar-refractivity contribution in [2.75, 3.05) is 7.11 Å². The molecule has 0 amide bonds. The highest BCUT2D eigenvalue weighted by Gasteiger charge is 2.27. The van der Waals surface area contributed by atoms with Gasteiger partial charge in [0.05, 0.1) is 7.11 Å². The molecule has 0 aliphatic rings. The van der Waals surface area contributed by atoms with Crippen molar-refractivity contribution < 1.29 is 14.3 Å². The predicted molar refractivity (Wildman–Crippen MR) is 57.5 cm³/mol. The van der Waals surface area contributed by atoms with Crippen molar-refractivity contribution >= 4 is 6.16 Å². The summed E-state index contributed by atoms with van der Waals surface area (Å²) in [6, 6.07) is 9.37. The monoisotopic (exact) mass is 206 g/mol. The van der Waals surface area contributed by atoms with Crippen LogP contribution >= 0.6 is 0 Å².